The number of hydrogen-bond donors (Lipinski definition) is 0. The van der Waals surface area contributed by atoms with Gasteiger partial charge >= 0.3 is 11.9 Å². The maximum absolute atomic E-state index is 12.3. The molecule has 0 bridgehead atoms. The van der Waals surface area contributed by atoms with Gasteiger partial charge in [-0.1, -0.05) is 25.3 Å². The van der Waals surface area contributed by atoms with E-state index in [4.69, 9.17) is 18.9 Å². The van der Waals surface area contributed by atoms with Crippen LogP contribution in [0, 0.1) is 0 Å². The first-order valence-electron chi connectivity index (χ1n) is 9.81. The van der Waals surface area contributed by atoms with Crippen molar-refractivity contribution in [3.05, 3.63) is 109 Å². The van der Waals surface area contributed by atoms with E-state index in [-0.39, 0.29) is 0 Å². The van der Waals surface area contributed by atoms with Crippen molar-refractivity contribution in [1.82, 2.24) is 0 Å². The van der Waals surface area contributed by atoms with Crippen LogP contribution in [0.1, 0.15) is 20.7 Å². The fraction of sp³-hybridized carbons (Fsp3) is 0.0769. The zero-order chi connectivity index (χ0) is 22.8. The van der Waals surface area contributed by atoms with Crippen molar-refractivity contribution in [2.45, 2.75) is 0 Å². The van der Waals surface area contributed by atoms with E-state index >= 15 is 0 Å². The fourth-order valence-corrected chi connectivity index (χ4v) is 2.59. The molecule has 0 fully saturated rings. The number of hydrogen-bond acceptors (Lipinski definition) is 6. The van der Waals surface area contributed by atoms with Crippen LogP contribution in [0.3, 0.4) is 0 Å². The lowest BCUT2D eigenvalue weighted by Crippen LogP contribution is -2.09. The molecule has 0 radical (unpaired) electrons. The highest BCUT2D eigenvalue weighted by molar-refractivity contribution is 5.92. The van der Waals surface area contributed by atoms with Crippen molar-refractivity contribution in [3.63, 3.8) is 0 Å². The van der Waals surface area contributed by atoms with Gasteiger partial charge in [-0.05, 0) is 72.8 Å². The zero-order valence-electron chi connectivity index (χ0n) is 17.4. The molecule has 0 aromatic heterocycles. The third-order valence-corrected chi connectivity index (χ3v) is 4.16. The lowest BCUT2D eigenvalue weighted by Gasteiger charge is -2.08. The summed E-state index contributed by atoms with van der Waals surface area (Å²) in [5.74, 6) is 0.890. The Morgan fingerprint density at radius 1 is 0.562 bits per heavy atom. The van der Waals surface area contributed by atoms with Crippen molar-refractivity contribution >= 4 is 11.9 Å². The lowest BCUT2D eigenvalue weighted by atomic mass is 10.2. The SMILES string of the molecule is C=CCOc1ccc(C(=O)Oc2ccc(OC(=O)c3ccc(OCC=C)cc3)cc2)cc1. The molecule has 0 aliphatic heterocycles. The molecule has 0 spiro atoms. The summed E-state index contributed by atoms with van der Waals surface area (Å²) >= 11 is 0. The van der Waals surface area contributed by atoms with Gasteiger partial charge in [-0.2, -0.15) is 0 Å². The van der Waals surface area contributed by atoms with E-state index in [0.29, 0.717) is 47.3 Å². The quantitative estimate of drug-likeness (QED) is 0.248. The predicted octanol–water partition coefficient (Wildman–Crippen LogP) is 5.25. The summed E-state index contributed by atoms with van der Waals surface area (Å²) < 4.78 is 21.5. The largest absolute Gasteiger partial charge is 0.490 e. The Morgan fingerprint density at radius 2 is 0.875 bits per heavy atom. The van der Waals surface area contributed by atoms with Crippen LogP contribution in [0.25, 0.3) is 0 Å². The van der Waals surface area contributed by atoms with E-state index in [1.165, 1.54) is 0 Å². The van der Waals surface area contributed by atoms with Crippen LogP contribution in [-0.2, 0) is 0 Å². The summed E-state index contributed by atoms with van der Waals surface area (Å²) in [5, 5.41) is 0. The first-order chi connectivity index (χ1) is 15.6. The molecule has 3 aromatic rings. The molecular weight excluding hydrogens is 408 g/mol. The fourth-order valence-electron chi connectivity index (χ4n) is 2.59. The van der Waals surface area contributed by atoms with Crippen LogP contribution >= 0.6 is 0 Å². The smallest absolute Gasteiger partial charge is 0.343 e. The molecule has 6 nitrogen and oxygen atoms in total. The number of esters is 2. The Kier molecular flexibility index (Phi) is 7.81. The summed E-state index contributed by atoms with van der Waals surface area (Å²) in [6, 6.07) is 19.4. The van der Waals surface area contributed by atoms with Gasteiger partial charge in [-0.3, -0.25) is 0 Å². The Labute approximate surface area is 186 Å². The van der Waals surface area contributed by atoms with Crippen LogP contribution in [0.2, 0.25) is 0 Å². The van der Waals surface area contributed by atoms with Crippen LogP contribution in [0.15, 0.2) is 98.1 Å². The Morgan fingerprint density at radius 3 is 1.19 bits per heavy atom. The summed E-state index contributed by atoms with van der Waals surface area (Å²) in [4.78, 5) is 24.6. The second kappa shape index (κ2) is 11.2. The molecular formula is C26H22O6. The molecule has 3 aromatic carbocycles. The van der Waals surface area contributed by atoms with Crippen molar-refractivity contribution < 1.29 is 28.5 Å². The van der Waals surface area contributed by atoms with Crippen LogP contribution in [0.4, 0.5) is 0 Å². The minimum Gasteiger partial charge on any atom is -0.490 e. The van der Waals surface area contributed by atoms with Gasteiger partial charge in [0, 0.05) is 0 Å². The highest BCUT2D eigenvalue weighted by Gasteiger charge is 2.11. The second-order valence-electron chi connectivity index (χ2n) is 6.50. The lowest BCUT2D eigenvalue weighted by molar-refractivity contribution is 0.0719. The van der Waals surface area contributed by atoms with Gasteiger partial charge in [0.05, 0.1) is 11.1 Å². The van der Waals surface area contributed by atoms with E-state index in [0.717, 1.165) is 0 Å². The molecule has 0 aliphatic rings. The Balaban J connectivity index is 1.55. The summed E-state index contributed by atoms with van der Waals surface area (Å²) in [5.41, 5.74) is 0.763. The maximum atomic E-state index is 12.3. The Hall–Kier alpha value is -4.32. The molecule has 0 atom stereocenters. The van der Waals surface area contributed by atoms with Crippen LogP contribution in [0.5, 0.6) is 23.0 Å². The number of rotatable bonds is 10. The topological polar surface area (TPSA) is 71.1 Å². The van der Waals surface area contributed by atoms with Crippen LogP contribution in [-0.4, -0.2) is 25.2 Å². The normalized spacial score (nSPS) is 10.0. The van der Waals surface area contributed by atoms with Gasteiger partial charge in [-0.15, -0.1) is 0 Å². The van der Waals surface area contributed by atoms with Crippen molar-refractivity contribution in [2.75, 3.05) is 13.2 Å². The van der Waals surface area contributed by atoms with Gasteiger partial charge in [0.2, 0.25) is 0 Å². The number of ether oxygens (including phenoxy) is 4. The summed E-state index contributed by atoms with van der Waals surface area (Å²) in [6.07, 6.45) is 3.28. The van der Waals surface area contributed by atoms with Crippen molar-refractivity contribution in [1.29, 1.82) is 0 Å². The molecule has 0 amide bonds. The van der Waals surface area contributed by atoms with Gasteiger partial charge in [-0.25, -0.2) is 9.59 Å². The minimum atomic E-state index is -0.510. The average molecular weight is 430 g/mol. The van der Waals surface area contributed by atoms with E-state index in [2.05, 4.69) is 13.2 Å². The molecule has 3 rings (SSSR count). The number of carbonyl (C=O) groups excluding carboxylic acids is 2. The first-order valence-corrected chi connectivity index (χ1v) is 9.81. The van der Waals surface area contributed by atoms with Crippen LogP contribution < -0.4 is 18.9 Å². The minimum absolute atomic E-state index is 0.325. The van der Waals surface area contributed by atoms with E-state index in [1.807, 2.05) is 0 Å². The molecule has 6 heteroatoms. The van der Waals surface area contributed by atoms with Gasteiger partial charge in [0.15, 0.2) is 0 Å². The molecule has 0 aliphatic carbocycles. The summed E-state index contributed by atoms with van der Waals surface area (Å²) in [6.45, 7) is 7.94. The van der Waals surface area contributed by atoms with E-state index in [1.54, 1.807) is 84.9 Å². The van der Waals surface area contributed by atoms with E-state index in [9.17, 15) is 9.59 Å². The third-order valence-electron chi connectivity index (χ3n) is 4.16. The molecule has 162 valence electrons. The molecule has 0 saturated carbocycles. The highest BCUT2D eigenvalue weighted by Crippen LogP contribution is 2.21. The second-order valence-corrected chi connectivity index (χ2v) is 6.50. The number of carbonyl (C=O) groups is 2. The Bertz CT molecular complexity index is 978. The molecule has 0 N–H and O–H groups in total. The maximum Gasteiger partial charge on any atom is 0.343 e. The van der Waals surface area contributed by atoms with Gasteiger partial charge in [0.1, 0.15) is 36.2 Å². The summed E-state index contributed by atoms with van der Waals surface area (Å²) in [7, 11) is 0. The highest BCUT2D eigenvalue weighted by atomic mass is 16.5. The standard InChI is InChI=1S/C26H22O6/c1-3-17-29-21-9-5-19(6-10-21)25(27)31-23-13-15-24(16-14-23)32-26(28)20-7-11-22(12-8-20)30-18-4-2/h3-16H,1-2,17-18H2. The molecule has 0 unspecified atom stereocenters. The molecule has 32 heavy (non-hydrogen) atoms. The molecule has 0 saturated heterocycles. The monoisotopic (exact) mass is 430 g/mol. The van der Waals surface area contributed by atoms with Gasteiger partial charge < -0.3 is 18.9 Å². The zero-order valence-corrected chi connectivity index (χ0v) is 17.4. The van der Waals surface area contributed by atoms with Gasteiger partial charge in [0.25, 0.3) is 0 Å². The number of benzene rings is 3. The first kappa shape index (κ1) is 22.4. The van der Waals surface area contributed by atoms with Crippen molar-refractivity contribution in [2.24, 2.45) is 0 Å². The predicted molar refractivity (Wildman–Crippen MR) is 121 cm³/mol. The van der Waals surface area contributed by atoms with E-state index < -0.39 is 11.9 Å². The average Bonchev–Trinajstić information content (AvgIpc) is 2.83. The molecule has 0 heterocycles. The third kappa shape index (κ3) is 6.34. The van der Waals surface area contributed by atoms with Crippen molar-refractivity contribution in [3.8, 4) is 23.0 Å².